The van der Waals surface area contributed by atoms with Crippen molar-refractivity contribution in [3.05, 3.63) is 23.0 Å². The van der Waals surface area contributed by atoms with Gasteiger partial charge in [0.1, 0.15) is 6.67 Å². The molecule has 1 aromatic rings. The number of amides is 1. The van der Waals surface area contributed by atoms with Gasteiger partial charge in [0.15, 0.2) is 0 Å². The third kappa shape index (κ3) is 2.31. The zero-order valence-electron chi connectivity index (χ0n) is 7.78. The maximum Gasteiger partial charge on any atom is 0.253 e. The third-order valence-electron chi connectivity index (χ3n) is 1.77. The van der Waals surface area contributed by atoms with Crippen molar-refractivity contribution in [2.75, 3.05) is 13.2 Å². The van der Waals surface area contributed by atoms with Gasteiger partial charge in [-0.3, -0.25) is 4.79 Å². The van der Waals surface area contributed by atoms with Crippen molar-refractivity contribution in [2.24, 2.45) is 0 Å². The van der Waals surface area contributed by atoms with E-state index in [9.17, 15) is 9.18 Å². The highest BCUT2D eigenvalue weighted by molar-refractivity contribution is 5.95. The average Bonchev–Trinajstić information content (AvgIpc) is 2.41. The summed E-state index contributed by atoms with van der Waals surface area (Å²) >= 11 is 0. The van der Waals surface area contributed by atoms with Gasteiger partial charge in [0, 0.05) is 17.9 Å². The summed E-state index contributed by atoms with van der Waals surface area (Å²) in [4.78, 5) is 14.4. The van der Waals surface area contributed by atoms with E-state index in [0.717, 1.165) is 11.4 Å². The Labute approximate surface area is 76.3 Å². The number of halogens is 1. The van der Waals surface area contributed by atoms with E-state index in [0.29, 0.717) is 5.56 Å². The van der Waals surface area contributed by atoms with Crippen molar-refractivity contribution in [3.63, 3.8) is 0 Å². The van der Waals surface area contributed by atoms with Crippen molar-refractivity contribution < 1.29 is 9.18 Å². The first kappa shape index (κ1) is 9.77. The van der Waals surface area contributed by atoms with Crippen molar-refractivity contribution in [1.82, 2.24) is 10.3 Å². The summed E-state index contributed by atoms with van der Waals surface area (Å²) in [7, 11) is 0. The SMILES string of the molecule is Cc1cc(C(=O)NCCF)c(C)[nH]1. The van der Waals surface area contributed by atoms with E-state index in [1.807, 2.05) is 13.8 Å². The van der Waals surface area contributed by atoms with E-state index in [1.54, 1.807) is 6.07 Å². The minimum Gasteiger partial charge on any atom is -0.362 e. The molecule has 0 aliphatic rings. The molecule has 13 heavy (non-hydrogen) atoms. The average molecular weight is 184 g/mol. The number of hydrogen-bond acceptors (Lipinski definition) is 1. The van der Waals surface area contributed by atoms with Crippen molar-refractivity contribution in [1.29, 1.82) is 0 Å². The summed E-state index contributed by atoms with van der Waals surface area (Å²) in [6.45, 7) is 3.23. The molecule has 0 saturated heterocycles. The second-order valence-corrected chi connectivity index (χ2v) is 2.94. The van der Waals surface area contributed by atoms with E-state index in [4.69, 9.17) is 0 Å². The highest BCUT2D eigenvalue weighted by Gasteiger charge is 2.09. The van der Waals surface area contributed by atoms with Crippen LogP contribution in [0.25, 0.3) is 0 Å². The molecule has 4 heteroatoms. The summed E-state index contributed by atoms with van der Waals surface area (Å²) in [6.07, 6.45) is 0. The van der Waals surface area contributed by atoms with Crippen LogP contribution in [-0.4, -0.2) is 24.1 Å². The fraction of sp³-hybridized carbons (Fsp3) is 0.444. The van der Waals surface area contributed by atoms with Crippen LogP contribution in [0.1, 0.15) is 21.7 Å². The molecule has 1 amide bonds. The zero-order valence-corrected chi connectivity index (χ0v) is 7.78. The minimum absolute atomic E-state index is 0.0719. The lowest BCUT2D eigenvalue weighted by molar-refractivity contribution is 0.0950. The lowest BCUT2D eigenvalue weighted by Gasteiger charge is -2.00. The fourth-order valence-corrected chi connectivity index (χ4v) is 1.22. The number of rotatable bonds is 3. The van der Waals surface area contributed by atoms with Gasteiger partial charge in [-0.2, -0.15) is 0 Å². The predicted molar refractivity (Wildman–Crippen MR) is 48.6 cm³/mol. The molecule has 0 atom stereocenters. The molecule has 1 aromatic heterocycles. The number of aromatic amines is 1. The fourth-order valence-electron chi connectivity index (χ4n) is 1.22. The summed E-state index contributed by atoms with van der Waals surface area (Å²) in [6, 6.07) is 1.75. The monoisotopic (exact) mass is 184 g/mol. The molecule has 72 valence electrons. The van der Waals surface area contributed by atoms with Crippen molar-refractivity contribution >= 4 is 5.91 Å². The first-order valence-electron chi connectivity index (χ1n) is 4.15. The second kappa shape index (κ2) is 4.07. The predicted octanol–water partition coefficient (Wildman–Crippen LogP) is 1.33. The normalized spacial score (nSPS) is 10.1. The molecule has 1 rings (SSSR count). The molecule has 0 radical (unpaired) electrons. The Morgan fingerprint density at radius 1 is 1.62 bits per heavy atom. The Morgan fingerprint density at radius 3 is 2.77 bits per heavy atom. The quantitative estimate of drug-likeness (QED) is 0.731. The number of aromatic nitrogens is 1. The van der Waals surface area contributed by atoms with E-state index in [1.165, 1.54) is 0 Å². The highest BCUT2D eigenvalue weighted by Crippen LogP contribution is 2.08. The van der Waals surface area contributed by atoms with Crippen LogP contribution < -0.4 is 5.32 Å². The molecule has 1 heterocycles. The van der Waals surface area contributed by atoms with Crippen LogP contribution in [0.5, 0.6) is 0 Å². The molecule has 0 aliphatic heterocycles. The molecule has 0 unspecified atom stereocenters. The molecule has 0 aromatic carbocycles. The van der Waals surface area contributed by atoms with Crippen LogP contribution in [0, 0.1) is 13.8 Å². The molecule has 0 aliphatic carbocycles. The van der Waals surface area contributed by atoms with Crippen LogP contribution in [-0.2, 0) is 0 Å². The minimum atomic E-state index is -0.534. The molecule has 3 nitrogen and oxygen atoms in total. The molecule has 0 bridgehead atoms. The Bertz CT molecular complexity index is 307. The summed E-state index contributed by atoms with van der Waals surface area (Å²) in [5, 5.41) is 2.47. The van der Waals surface area contributed by atoms with Gasteiger partial charge in [0.05, 0.1) is 5.56 Å². The van der Waals surface area contributed by atoms with Gasteiger partial charge in [0.25, 0.3) is 5.91 Å². The molecular formula is C9H13FN2O. The summed E-state index contributed by atoms with van der Waals surface area (Å²) in [5.41, 5.74) is 2.34. The van der Waals surface area contributed by atoms with E-state index in [2.05, 4.69) is 10.3 Å². The second-order valence-electron chi connectivity index (χ2n) is 2.94. The first-order valence-corrected chi connectivity index (χ1v) is 4.15. The Morgan fingerprint density at radius 2 is 2.31 bits per heavy atom. The first-order chi connectivity index (χ1) is 6.15. The maximum atomic E-state index is 11.8. The van der Waals surface area contributed by atoms with Gasteiger partial charge >= 0.3 is 0 Å². The molecule has 0 spiro atoms. The van der Waals surface area contributed by atoms with Crippen LogP contribution in [0.15, 0.2) is 6.07 Å². The maximum absolute atomic E-state index is 11.8. The van der Waals surface area contributed by atoms with Crippen LogP contribution in [0.3, 0.4) is 0 Å². The van der Waals surface area contributed by atoms with Gasteiger partial charge in [0.2, 0.25) is 0 Å². The van der Waals surface area contributed by atoms with Gasteiger partial charge in [-0.05, 0) is 19.9 Å². The molecule has 2 N–H and O–H groups in total. The number of hydrogen-bond donors (Lipinski definition) is 2. The van der Waals surface area contributed by atoms with Crippen LogP contribution in [0.2, 0.25) is 0 Å². The smallest absolute Gasteiger partial charge is 0.253 e. The Balaban J connectivity index is 2.70. The summed E-state index contributed by atoms with van der Waals surface area (Å²) in [5.74, 6) is -0.223. The Hall–Kier alpha value is -1.32. The van der Waals surface area contributed by atoms with E-state index >= 15 is 0 Å². The van der Waals surface area contributed by atoms with Gasteiger partial charge in [-0.1, -0.05) is 0 Å². The topological polar surface area (TPSA) is 44.9 Å². The number of carbonyl (C=O) groups is 1. The van der Waals surface area contributed by atoms with Gasteiger partial charge < -0.3 is 10.3 Å². The van der Waals surface area contributed by atoms with Crippen LogP contribution in [0.4, 0.5) is 4.39 Å². The zero-order chi connectivity index (χ0) is 9.84. The highest BCUT2D eigenvalue weighted by atomic mass is 19.1. The number of aryl methyl sites for hydroxylation is 2. The number of H-pyrrole nitrogens is 1. The lowest BCUT2D eigenvalue weighted by Crippen LogP contribution is -2.25. The van der Waals surface area contributed by atoms with E-state index < -0.39 is 6.67 Å². The number of alkyl halides is 1. The molecule has 0 fully saturated rings. The standard InChI is InChI=1S/C9H13FN2O/c1-6-5-8(7(2)12-6)9(13)11-4-3-10/h5,12H,3-4H2,1-2H3,(H,11,13). The Kier molecular flexibility index (Phi) is 3.06. The summed E-state index contributed by atoms with van der Waals surface area (Å²) < 4.78 is 11.8. The number of carbonyl (C=O) groups excluding carboxylic acids is 1. The van der Waals surface area contributed by atoms with Crippen molar-refractivity contribution in [3.8, 4) is 0 Å². The van der Waals surface area contributed by atoms with Gasteiger partial charge in [-0.15, -0.1) is 0 Å². The third-order valence-corrected chi connectivity index (χ3v) is 1.77. The van der Waals surface area contributed by atoms with Crippen molar-refractivity contribution in [2.45, 2.75) is 13.8 Å². The molecule has 0 saturated carbocycles. The lowest BCUT2D eigenvalue weighted by atomic mass is 10.2. The molecular weight excluding hydrogens is 171 g/mol. The number of nitrogens with one attached hydrogen (secondary N) is 2. The van der Waals surface area contributed by atoms with E-state index in [-0.39, 0.29) is 12.5 Å². The van der Waals surface area contributed by atoms with Crippen LogP contribution >= 0.6 is 0 Å². The largest absolute Gasteiger partial charge is 0.362 e. The van der Waals surface area contributed by atoms with Gasteiger partial charge in [-0.25, -0.2) is 4.39 Å².